The van der Waals surface area contributed by atoms with Crippen LogP contribution in [0.2, 0.25) is 0 Å². The molecule has 4 nitrogen and oxygen atoms in total. The Labute approximate surface area is 384 Å². The van der Waals surface area contributed by atoms with E-state index in [0.29, 0.717) is 5.82 Å². The molecule has 12 rings (SSSR count). The SMILES string of the molecule is CC(C)(C)c1ccc2c(c1)c1cc(-n3c4ccccc4c4ccccc43)ccc1n2-c1c(-c2ccccc2)cc(-c2nc(-c3ccccc3)cc(-c3ccccc3)n2)cc1-c1ccccc1. The zero-order valence-electron chi connectivity index (χ0n) is 37.2. The maximum atomic E-state index is 5.35. The number of fused-ring (bicyclic) bond motifs is 6. The van der Waals surface area contributed by atoms with Gasteiger partial charge in [0.25, 0.3) is 0 Å². The third-order valence-electron chi connectivity index (χ3n) is 13.1. The molecule has 0 radical (unpaired) electrons. The van der Waals surface area contributed by atoms with Gasteiger partial charge in [-0.3, -0.25) is 0 Å². The van der Waals surface area contributed by atoms with Gasteiger partial charge in [0.1, 0.15) is 0 Å². The van der Waals surface area contributed by atoms with E-state index in [1.54, 1.807) is 0 Å². The minimum Gasteiger partial charge on any atom is -0.309 e. The molecule has 0 unspecified atom stereocenters. The molecule has 4 heteroatoms. The van der Waals surface area contributed by atoms with Crippen LogP contribution >= 0.6 is 0 Å². The van der Waals surface area contributed by atoms with Crippen molar-refractivity contribution in [3.8, 4) is 67.5 Å². The van der Waals surface area contributed by atoms with E-state index in [4.69, 9.17) is 9.97 Å². The van der Waals surface area contributed by atoms with Crippen LogP contribution in [0.15, 0.2) is 224 Å². The van der Waals surface area contributed by atoms with Crippen LogP contribution in [-0.2, 0) is 5.41 Å². The molecule has 0 fully saturated rings. The van der Waals surface area contributed by atoms with Crippen molar-refractivity contribution in [3.05, 3.63) is 230 Å². The molecule has 9 aromatic carbocycles. The van der Waals surface area contributed by atoms with E-state index in [0.717, 1.165) is 72.7 Å². The Morgan fingerprint density at radius 1 is 0.333 bits per heavy atom. The lowest BCUT2D eigenvalue weighted by Crippen LogP contribution is -2.10. The average molecular weight is 847 g/mol. The molecule has 0 saturated carbocycles. The van der Waals surface area contributed by atoms with Gasteiger partial charge < -0.3 is 9.13 Å². The summed E-state index contributed by atoms with van der Waals surface area (Å²) in [7, 11) is 0. The van der Waals surface area contributed by atoms with Crippen molar-refractivity contribution < 1.29 is 0 Å². The zero-order valence-corrected chi connectivity index (χ0v) is 37.2. The van der Waals surface area contributed by atoms with Crippen molar-refractivity contribution in [2.24, 2.45) is 0 Å². The van der Waals surface area contributed by atoms with Crippen LogP contribution in [0.5, 0.6) is 0 Å². The summed E-state index contributed by atoms with van der Waals surface area (Å²) in [6.07, 6.45) is 0. The summed E-state index contributed by atoms with van der Waals surface area (Å²) in [5, 5.41) is 4.91. The van der Waals surface area contributed by atoms with Crippen LogP contribution < -0.4 is 0 Å². The first-order chi connectivity index (χ1) is 32.4. The number of hydrogen-bond donors (Lipinski definition) is 0. The van der Waals surface area contributed by atoms with E-state index in [-0.39, 0.29) is 5.41 Å². The summed E-state index contributed by atoms with van der Waals surface area (Å²) in [4.78, 5) is 10.7. The Kier molecular flexibility index (Phi) is 9.35. The Morgan fingerprint density at radius 3 is 1.26 bits per heavy atom. The highest BCUT2D eigenvalue weighted by Crippen LogP contribution is 2.45. The molecule has 0 aliphatic rings. The third-order valence-corrected chi connectivity index (χ3v) is 13.1. The zero-order chi connectivity index (χ0) is 44.4. The predicted octanol–water partition coefficient (Wildman–Crippen LogP) is 16.3. The molecule has 0 amide bonds. The molecule has 12 aromatic rings. The number of aromatic nitrogens is 4. The monoisotopic (exact) mass is 846 g/mol. The molecule has 0 saturated heterocycles. The van der Waals surface area contributed by atoms with E-state index < -0.39 is 0 Å². The first kappa shape index (κ1) is 39.3. The van der Waals surface area contributed by atoms with Gasteiger partial charge >= 0.3 is 0 Å². The summed E-state index contributed by atoms with van der Waals surface area (Å²) < 4.78 is 4.94. The standard InChI is InChI=1S/C62H46N4/c1-62(2,3)46-32-34-58-52(38-46)53-39-47(65-56-30-18-16-28-48(56)49-29-17-19-31-57(49)65)33-35-59(53)66(58)60-50(41-20-8-4-9-21-41)36-45(37-51(60)42-22-10-5-11-23-42)61-63-54(43-24-12-6-13-25-43)40-55(64-61)44-26-14-7-15-27-44/h4-40H,1-3H3. The molecular weight excluding hydrogens is 801 g/mol. The minimum absolute atomic E-state index is 0.0496. The van der Waals surface area contributed by atoms with E-state index in [1.807, 2.05) is 12.1 Å². The predicted molar refractivity (Wildman–Crippen MR) is 277 cm³/mol. The van der Waals surface area contributed by atoms with Gasteiger partial charge in [0.2, 0.25) is 0 Å². The first-order valence-corrected chi connectivity index (χ1v) is 22.7. The van der Waals surface area contributed by atoms with Crippen molar-refractivity contribution in [3.63, 3.8) is 0 Å². The van der Waals surface area contributed by atoms with Crippen LogP contribution in [-0.4, -0.2) is 19.1 Å². The number of rotatable bonds is 7. The highest BCUT2D eigenvalue weighted by atomic mass is 15.0. The molecule has 0 spiro atoms. The molecule has 0 aliphatic heterocycles. The summed E-state index contributed by atoms with van der Waals surface area (Å²) in [6.45, 7) is 6.90. The second kappa shape index (κ2) is 15.7. The highest BCUT2D eigenvalue weighted by molar-refractivity contribution is 6.13. The topological polar surface area (TPSA) is 35.6 Å². The van der Waals surface area contributed by atoms with Gasteiger partial charge in [-0.1, -0.05) is 185 Å². The first-order valence-electron chi connectivity index (χ1n) is 22.7. The number of para-hydroxylation sites is 2. The maximum Gasteiger partial charge on any atom is 0.160 e. The molecule has 314 valence electrons. The van der Waals surface area contributed by atoms with Crippen molar-refractivity contribution in [1.29, 1.82) is 0 Å². The number of nitrogens with zero attached hydrogens (tertiary/aromatic N) is 4. The Balaban J connectivity index is 1.18. The molecule has 0 N–H and O–H groups in total. The molecule has 0 atom stereocenters. The summed E-state index contributed by atoms with van der Waals surface area (Å²) in [5.74, 6) is 0.670. The third kappa shape index (κ3) is 6.69. The van der Waals surface area contributed by atoms with Crippen molar-refractivity contribution in [2.75, 3.05) is 0 Å². The summed E-state index contributed by atoms with van der Waals surface area (Å²) in [6, 6.07) is 80.8. The Morgan fingerprint density at radius 2 is 0.758 bits per heavy atom. The van der Waals surface area contributed by atoms with Gasteiger partial charge in [-0.2, -0.15) is 0 Å². The largest absolute Gasteiger partial charge is 0.309 e. The quantitative estimate of drug-likeness (QED) is 0.160. The molecular formula is C62H46N4. The van der Waals surface area contributed by atoms with Crippen LogP contribution in [0, 0.1) is 0 Å². The average Bonchev–Trinajstić information content (AvgIpc) is 3.88. The summed E-state index contributed by atoms with van der Waals surface area (Å²) in [5.41, 5.74) is 17.3. The van der Waals surface area contributed by atoms with E-state index in [2.05, 4.69) is 242 Å². The fourth-order valence-electron chi connectivity index (χ4n) is 9.83. The van der Waals surface area contributed by atoms with Gasteiger partial charge in [0, 0.05) is 55.0 Å². The Hall–Kier alpha value is -8.34. The highest BCUT2D eigenvalue weighted by Gasteiger charge is 2.25. The van der Waals surface area contributed by atoms with E-state index in [9.17, 15) is 0 Å². The van der Waals surface area contributed by atoms with Gasteiger partial charge in [-0.05, 0) is 82.8 Å². The van der Waals surface area contributed by atoms with Crippen molar-refractivity contribution in [1.82, 2.24) is 19.1 Å². The van der Waals surface area contributed by atoms with Gasteiger partial charge in [-0.15, -0.1) is 0 Å². The fourth-order valence-corrected chi connectivity index (χ4v) is 9.83. The van der Waals surface area contributed by atoms with E-state index >= 15 is 0 Å². The van der Waals surface area contributed by atoms with Crippen LogP contribution in [0.1, 0.15) is 26.3 Å². The minimum atomic E-state index is -0.0496. The van der Waals surface area contributed by atoms with Crippen molar-refractivity contribution >= 4 is 43.6 Å². The maximum absolute atomic E-state index is 5.35. The lowest BCUT2D eigenvalue weighted by molar-refractivity contribution is 0.591. The number of hydrogen-bond acceptors (Lipinski definition) is 2. The van der Waals surface area contributed by atoms with Gasteiger partial charge in [-0.25, -0.2) is 9.97 Å². The van der Waals surface area contributed by atoms with Crippen LogP contribution in [0.25, 0.3) is 111 Å². The molecule has 66 heavy (non-hydrogen) atoms. The molecule has 0 aliphatic carbocycles. The van der Waals surface area contributed by atoms with Gasteiger partial charge in [0.05, 0.1) is 39.1 Å². The second-order valence-electron chi connectivity index (χ2n) is 18.2. The molecule has 3 heterocycles. The second-order valence-corrected chi connectivity index (χ2v) is 18.2. The van der Waals surface area contributed by atoms with Gasteiger partial charge in [0.15, 0.2) is 5.82 Å². The molecule has 3 aromatic heterocycles. The smallest absolute Gasteiger partial charge is 0.160 e. The fraction of sp³-hybridized carbons (Fsp3) is 0.0645. The van der Waals surface area contributed by atoms with Crippen molar-refractivity contribution in [2.45, 2.75) is 26.2 Å². The summed E-state index contributed by atoms with van der Waals surface area (Å²) >= 11 is 0. The Bertz CT molecular complexity index is 3590. The van der Waals surface area contributed by atoms with Crippen LogP contribution in [0.3, 0.4) is 0 Å². The van der Waals surface area contributed by atoms with E-state index in [1.165, 1.54) is 38.1 Å². The lowest BCUT2D eigenvalue weighted by atomic mass is 9.86. The lowest BCUT2D eigenvalue weighted by Gasteiger charge is -2.22. The molecule has 0 bridgehead atoms. The number of benzene rings is 9. The van der Waals surface area contributed by atoms with Crippen LogP contribution in [0.4, 0.5) is 0 Å². The normalized spacial score (nSPS) is 11.9.